The second-order valence-corrected chi connectivity index (χ2v) is 8.03. The molecule has 1 aromatic heterocycles. The molecule has 146 valence electrons. The number of hydrazone groups is 1. The second kappa shape index (κ2) is 6.89. The third-order valence-electron chi connectivity index (χ3n) is 6.30. The maximum Gasteiger partial charge on any atom is 0.270 e. The second-order valence-electron chi connectivity index (χ2n) is 8.03. The first kappa shape index (κ1) is 18.4. The fourth-order valence-electron chi connectivity index (χ4n) is 4.64. The highest BCUT2D eigenvalue weighted by Crippen LogP contribution is 2.66. The molecule has 1 aromatic carbocycles. The molecular formula is C21H23N3O4. The predicted octanol–water partition coefficient (Wildman–Crippen LogP) is 4.44. The maximum atomic E-state index is 12.4. The molecule has 2 fully saturated rings. The number of furan rings is 1. The Balaban J connectivity index is 1.42. The molecule has 7 heteroatoms. The van der Waals surface area contributed by atoms with Crippen molar-refractivity contribution in [2.24, 2.45) is 22.4 Å². The van der Waals surface area contributed by atoms with Gasteiger partial charge in [-0.05, 0) is 48.8 Å². The zero-order valence-electron chi connectivity index (χ0n) is 16.0. The number of nitrogens with one attached hydrogen (secondary N) is 1. The zero-order valence-corrected chi connectivity index (χ0v) is 16.0. The van der Waals surface area contributed by atoms with Crippen LogP contribution in [-0.2, 0) is 4.79 Å². The van der Waals surface area contributed by atoms with Crippen LogP contribution in [0.5, 0.6) is 0 Å². The lowest BCUT2D eigenvalue weighted by molar-refractivity contribution is -0.384. The van der Waals surface area contributed by atoms with Crippen molar-refractivity contribution in [1.82, 2.24) is 5.43 Å². The van der Waals surface area contributed by atoms with Gasteiger partial charge in [0.05, 0.1) is 11.1 Å². The summed E-state index contributed by atoms with van der Waals surface area (Å²) < 4.78 is 5.73. The highest BCUT2D eigenvalue weighted by atomic mass is 16.6. The van der Waals surface area contributed by atoms with Crippen LogP contribution < -0.4 is 5.43 Å². The van der Waals surface area contributed by atoms with Gasteiger partial charge in [0.1, 0.15) is 11.5 Å². The molecular weight excluding hydrogens is 358 g/mol. The quantitative estimate of drug-likeness (QED) is 0.470. The van der Waals surface area contributed by atoms with Gasteiger partial charge in [0.25, 0.3) is 5.69 Å². The van der Waals surface area contributed by atoms with E-state index in [1.807, 2.05) is 6.92 Å². The minimum absolute atomic E-state index is 0.0128. The number of aryl methyl sites for hydroxylation is 1. The van der Waals surface area contributed by atoms with Crippen molar-refractivity contribution in [1.29, 1.82) is 0 Å². The number of hydrogen-bond acceptors (Lipinski definition) is 5. The molecule has 2 aliphatic rings. The van der Waals surface area contributed by atoms with E-state index in [1.165, 1.54) is 31.2 Å². The number of nitrogens with zero attached hydrogens (tertiary/aromatic N) is 2. The van der Waals surface area contributed by atoms with Crippen molar-refractivity contribution in [3.63, 3.8) is 0 Å². The number of fused-ring (bicyclic) bond motifs is 1. The van der Waals surface area contributed by atoms with E-state index >= 15 is 0 Å². The van der Waals surface area contributed by atoms with Gasteiger partial charge in [-0.15, -0.1) is 0 Å². The summed E-state index contributed by atoms with van der Waals surface area (Å²) in [5.41, 5.74) is 4.34. The molecule has 0 saturated heterocycles. The van der Waals surface area contributed by atoms with Crippen LogP contribution >= 0.6 is 0 Å². The number of carbonyl (C=O) groups excluding carboxylic acids is 1. The largest absolute Gasteiger partial charge is 0.455 e. The van der Waals surface area contributed by atoms with E-state index in [4.69, 9.17) is 4.42 Å². The van der Waals surface area contributed by atoms with Gasteiger partial charge in [-0.3, -0.25) is 14.9 Å². The number of nitro groups is 1. The Hall–Kier alpha value is -2.96. The third kappa shape index (κ3) is 3.21. The van der Waals surface area contributed by atoms with Crippen LogP contribution in [0.2, 0.25) is 0 Å². The first-order valence-electron chi connectivity index (χ1n) is 9.58. The summed E-state index contributed by atoms with van der Waals surface area (Å²) in [5.74, 6) is 1.53. The molecule has 0 aliphatic heterocycles. The van der Waals surface area contributed by atoms with Crippen LogP contribution in [0.1, 0.15) is 43.9 Å². The topological polar surface area (TPSA) is 97.7 Å². The summed E-state index contributed by atoms with van der Waals surface area (Å²) in [6.45, 7) is 4.07. The Labute approximate surface area is 163 Å². The molecule has 1 amide bonds. The highest BCUT2D eigenvalue weighted by molar-refractivity contribution is 5.85. The standard InChI is InChI=1S/C21H23N3O4/c1-13-6-7-14(24(26)27)11-16(13)18-9-8-15(28-18)12-22-23-20(25)19-17-5-3-4-10-21(17,19)2/h6-9,11-12,17,19H,3-5,10H2,1-2H3,(H,23,25)/b22-12-/t17-,19+,21+/m1/s1. The molecule has 0 radical (unpaired) electrons. The van der Waals surface area contributed by atoms with Gasteiger partial charge in [-0.25, -0.2) is 5.43 Å². The van der Waals surface area contributed by atoms with Crippen LogP contribution in [0.25, 0.3) is 11.3 Å². The molecule has 28 heavy (non-hydrogen) atoms. The Bertz CT molecular complexity index is 964. The van der Waals surface area contributed by atoms with Gasteiger partial charge in [-0.1, -0.05) is 25.8 Å². The molecule has 1 heterocycles. The van der Waals surface area contributed by atoms with Gasteiger partial charge in [0, 0.05) is 23.6 Å². The predicted molar refractivity (Wildman–Crippen MR) is 105 cm³/mol. The van der Waals surface area contributed by atoms with Crippen molar-refractivity contribution in [2.45, 2.75) is 39.5 Å². The lowest BCUT2D eigenvalue weighted by Gasteiger charge is -2.15. The molecule has 2 saturated carbocycles. The fourth-order valence-corrected chi connectivity index (χ4v) is 4.64. The summed E-state index contributed by atoms with van der Waals surface area (Å²) in [4.78, 5) is 23.0. The van der Waals surface area contributed by atoms with E-state index in [2.05, 4.69) is 17.5 Å². The zero-order chi connectivity index (χ0) is 19.9. The van der Waals surface area contributed by atoms with Crippen molar-refractivity contribution in [3.8, 4) is 11.3 Å². The normalized spacial score (nSPS) is 26.1. The molecule has 2 aliphatic carbocycles. The fraction of sp³-hybridized carbons (Fsp3) is 0.429. The lowest BCUT2D eigenvalue weighted by Crippen LogP contribution is -2.22. The highest BCUT2D eigenvalue weighted by Gasteiger charge is 2.64. The smallest absolute Gasteiger partial charge is 0.270 e. The minimum atomic E-state index is -0.431. The van der Waals surface area contributed by atoms with Crippen molar-refractivity contribution in [3.05, 3.63) is 51.8 Å². The summed E-state index contributed by atoms with van der Waals surface area (Å²) in [5, 5.41) is 15.0. The maximum absolute atomic E-state index is 12.4. The van der Waals surface area contributed by atoms with Gasteiger partial charge in [0.15, 0.2) is 0 Å². The van der Waals surface area contributed by atoms with Gasteiger partial charge >= 0.3 is 0 Å². The van der Waals surface area contributed by atoms with Crippen LogP contribution in [-0.4, -0.2) is 17.0 Å². The molecule has 7 nitrogen and oxygen atoms in total. The summed E-state index contributed by atoms with van der Waals surface area (Å²) in [6.07, 6.45) is 6.11. The summed E-state index contributed by atoms with van der Waals surface area (Å²) in [7, 11) is 0. The minimum Gasteiger partial charge on any atom is -0.455 e. The Morgan fingerprint density at radius 3 is 2.89 bits per heavy atom. The summed E-state index contributed by atoms with van der Waals surface area (Å²) in [6, 6.07) is 8.12. The average Bonchev–Trinajstić information content (AvgIpc) is 3.03. The molecule has 0 unspecified atom stereocenters. The number of carbonyl (C=O) groups is 1. The number of benzene rings is 1. The van der Waals surface area contributed by atoms with Crippen molar-refractivity contribution >= 4 is 17.8 Å². The van der Waals surface area contributed by atoms with Gasteiger partial charge in [-0.2, -0.15) is 5.10 Å². The molecule has 4 rings (SSSR count). The third-order valence-corrected chi connectivity index (χ3v) is 6.30. The van der Waals surface area contributed by atoms with Crippen molar-refractivity contribution < 1.29 is 14.1 Å². The Kier molecular flexibility index (Phi) is 4.53. The van der Waals surface area contributed by atoms with Gasteiger partial charge in [0.2, 0.25) is 5.91 Å². The van der Waals surface area contributed by atoms with Crippen LogP contribution in [0.3, 0.4) is 0 Å². The van der Waals surface area contributed by atoms with E-state index in [9.17, 15) is 14.9 Å². The summed E-state index contributed by atoms with van der Waals surface area (Å²) >= 11 is 0. The van der Waals surface area contributed by atoms with Gasteiger partial charge < -0.3 is 4.42 Å². The lowest BCUT2D eigenvalue weighted by atomic mass is 9.90. The van der Waals surface area contributed by atoms with Crippen molar-refractivity contribution in [2.75, 3.05) is 0 Å². The Morgan fingerprint density at radius 2 is 2.18 bits per heavy atom. The molecule has 0 spiro atoms. The molecule has 0 bridgehead atoms. The van der Waals surface area contributed by atoms with E-state index < -0.39 is 4.92 Å². The van der Waals surface area contributed by atoms with E-state index in [0.29, 0.717) is 23.0 Å². The first-order chi connectivity index (χ1) is 13.4. The number of hydrogen-bond donors (Lipinski definition) is 1. The Morgan fingerprint density at radius 1 is 1.36 bits per heavy atom. The molecule has 3 atom stereocenters. The number of nitro benzene ring substituents is 1. The van der Waals surface area contributed by atoms with Crippen LogP contribution in [0.15, 0.2) is 39.9 Å². The van der Waals surface area contributed by atoms with Crippen LogP contribution in [0.4, 0.5) is 5.69 Å². The molecule has 2 aromatic rings. The average molecular weight is 381 g/mol. The molecule has 1 N–H and O–H groups in total. The van der Waals surface area contributed by atoms with Crippen LogP contribution in [0, 0.1) is 34.3 Å². The van der Waals surface area contributed by atoms with E-state index in [-0.39, 0.29) is 22.9 Å². The SMILES string of the molecule is Cc1ccc([N+](=O)[O-])cc1-c1ccc(/C=N\NC(=O)[C@@H]2[C@H]3CCCC[C@@]32C)o1. The first-order valence-corrected chi connectivity index (χ1v) is 9.58. The number of amides is 1. The number of non-ortho nitro benzene ring substituents is 1. The van der Waals surface area contributed by atoms with E-state index in [0.717, 1.165) is 18.4 Å². The van der Waals surface area contributed by atoms with E-state index in [1.54, 1.807) is 18.2 Å². The monoisotopic (exact) mass is 381 g/mol. The number of rotatable bonds is 5.